The number of benzene rings is 2. The average molecular weight is 496 g/mol. The number of esters is 1. The number of carbonyl (C=O) groups excluding carboxylic acids is 2. The Balaban J connectivity index is 1.86. The smallest absolute Gasteiger partial charge is 0.315 e. The molecule has 0 saturated heterocycles. The molecule has 0 saturated carbocycles. The van der Waals surface area contributed by atoms with E-state index in [-0.39, 0.29) is 17.8 Å². The van der Waals surface area contributed by atoms with Crippen LogP contribution in [0.3, 0.4) is 0 Å². The molecule has 0 spiro atoms. The summed E-state index contributed by atoms with van der Waals surface area (Å²) < 4.78 is 16.9. The van der Waals surface area contributed by atoms with Crippen molar-refractivity contribution in [3.05, 3.63) is 69.9 Å². The number of methoxy groups -OCH3 is 2. The van der Waals surface area contributed by atoms with Gasteiger partial charge >= 0.3 is 5.97 Å². The molecule has 7 heteroatoms. The lowest BCUT2D eigenvalue weighted by atomic mass is 9.69. The zero-order valence-corrected chi connectivity index (χ0v) is 21.4. The third-order valence-corrected chi connectivity index (χ3v) is 6.86. The highest BCUT2D eigenvalue weighted by Gasteiger charge is 2.46. The summed E-state index contributed by atoms with van der Waals surface area (Å²) in [6.07, 6.45) is 0.619. The molecular weight excluding hydrogens is 466 g/mol. The normalized spacial score (nSPS) is 22.0. The highest BCUT2D eigenvalue weighted by molar-refractivity contribution is 6.30. The van der Waals surface area contributed by atoms with Gasteiger partial charge in [-0.05, 0) is 56.9 Å². The fourth-order valence-electron chi connectivity index (χ4n) is 5.13. The molecule has 184 valence electrons. The molecule has 1 unspecified atom stereocenters. The van der Waals surface area contributed by atoms with Gasteiger partial charge in [0.1, 0.15) is 5.92 Å². The summed E-state index contributed by atoms with van der Waals surface area (Å²) in [6.45, 7) is 5.44. The van der Waals surface area contributed by atoms with E-state index in [2.05, 4.69) is 0 Å². The molecule has 4 rings (SSSR count). The number of hydrogen-bond acceptors (Lipinski definition) is 6. The van der Waals surface area contributed by atoms with Gasteiger partial charge in [0.2, 0.25) is 0 Å². The van der Waals surface area contributed by atoms with Crippen molar-refractivity contribution in [2.24, 2.45) is 10.9 Å². The second-order valence-corrected chi connectivity index (χ2v) is 9.65. The highest BCUT2D eigenvalue weighted by Crippen LogP contribution is 2.50. The van der Waals surface area contributed by atoms with Crippen molar-refractivity contribution in [3.8, 4) is 11.5 Å². The predicted octanol–water partition coefficient (Wildman–Crippen LogP) is 5.88. The van der Waals surface area contributed by atoms with E-state index in [0.717, 1.165) is 5.56 Å². The van der Waals surface area contributed by atoms with Crippen molar-refractivity contribution in [2.45, 2.75) is 51.6 Å². The number of carbonyl (C=O) groups is 2. The monoisotopic (exact) mass is 495 g/mol. The van der Waals surface area contributed by atoms with Crippen LogP contribution in [0.5, 0.6) is 11.5 Å². The van der Waals surface area contributed by atoms with Crippen LogP contribution in [-0.4, -0.2) is 37.8 Å². The molecular formula is C28H30ClNO5. The van der Waals surface area contributed by atoms with E-state index in [1.807, 2.05) is 57.2 Å². The molecule has 1 heterocycles. The zero-order valence-electron chi connectivity index (χ0n) is 20.6. The molecule has 1 aliphatic carbocycles. The first-order chi connectivity index (χ1) is 16.7. The van der Waals surface area contributed by atoms with Gasteiger partial charge < -0.3 is 14.2 Å². The number of ether oxygens (including phenoxy) is 3. The van der Waals surface area contributed by atoms with Gasteiger partial charge in [-0.25, -0.2) is 0 Å². The van der Waals surface area contributed by atoms with Gasteiger partial charge in [-0.15, -0.1) is 0 Å². The lowest BCUT2D eigenvalue weighted by Gasteiger charge is -2.37. The number of rotatable bonds is 6. The van der Waals surface area contributed by atoms with E-state index in [1.165, 1.54) is 0 Å². The number of Topliss-reactive ketones (excluding diaryl/α,β-unsaturated/α-hetero) is 1. The lowest BCUT2D eigenvalue weighted by molar-refractivity contribution is -0.150. The second kappa shape index (κ2) is 10.2. The fourth-order valence-corrected chi connectivity index (χ4v) is 5.26. The third kappa shape index (κ3) is 4.85. The number of aliphatic imine (C=N–C) groups is 1. The van der Waals surface area contributed by atoms with E-state index in [9.17, 15) is 9.59 Å². The SMILES string of the molecule is COc1cccc([C@@H]2C3=C(C[C@H](c4ccc(Cl)cc4)CC3=O)N=C(C)C2C(=O)OC(C)C)c1OC. The Morgan fingerprint density at radius 1 is 1.06 bits per heavy atom. The average Bonchev–Trinajstić information content (AvgIpc) is 2.82. The van der Waals surface area contributed by atoms with Crippen LogP contribution in [0.25, 0.3) is 0 Å². The maximum atomic E-state index is 13.7. The molecule has 0 fully saturated rings. The molecule has 0 radical (unpaired) electrons. The Morgan fingerprint density at radius 3 is 2.40 bits per heavy atom. The van der Waals surface area contributed by atoms with E-state index < -0.39 is 17.8 Å². The maximum Gasteiger partial charge on any atom is 0.315 e. The molecule has 1 aliphatic heterocycles. The van der Waals surface area contributed by atoms with Crippen LogP contribution in [0.4, 0.5) is 0 Å². The predicted molar refractivity (Wildman–Crippen MR) is 136 cm³/mol. The first-order valence-corrected chi connectivity index (χ1v) is 12.1. The Bertz CT molecular complexity index is 1200. The largest absolute Gasteiger partial charge is 0.493 e. The first-order valence-electron chi connectivity index (χ1n) is 11.7. The molecule has 0 aromatic heterocycles. The van der Waals surface area contributed by atoms with E-state index in [4.69, 9.17) is 30.8 Å². The summed E-state index contributed by atoms with van der Waals surface area (Å²) in [5.41, 5.74) is 3.63. The minimum Gasteiger partial charge on any atom is -0.493 e. The Morgan fingerprint density at radius 2 is 1.77 bits per heavy atom. The summed E-state index contributed by atoms with van der Waals surface area (Å²) in [4.78, 5) is 31.9. The summed E-state index contributed by atoms with van der Waals surface area (Å²) in [6, 6.07) is 13.1. The minimum atomic E-state index is -0.742. The maximum absolute atomic E-state index is 13.7. The number of ketones is 1. The number of halogens is 1. The fraction of sp³-hybridized carbons (Fsp3) is 0.393. The van der Waals surface area contributed by atoms with Gasteiger partial charge in [-0.1, -0.05) is 35.9 Å². The Kier molecular flexibility index (Phi) is 7.31. The summed E-state index contributed by atoms with van der Waals surface area (Å²) in [5, 5.41) is 0.652. The Labute approximate surface area is 210 Å². The van der Waals surface area contributed by atoms with Crippen LogP contribution in [0, 0.1) is 5.92 Å². The summed E-state index contributed by atoms with van der Waals surface area (Å²) in [7, 11) is 3.12. The van der Waals surface area contributed by atoms with E-state index >= 15 is 0 Å². The number of hydrogen-bond donors (Lipinski definition) is 0. The van der Waals surface area contributed by atoms with Crippen LogP contribution >= 0.6 is 11.6 Å². The van der Waals surface area contributed by atoms with E-state index in [1.54, 1.807) is 20.3 Å². The first kappa shape index (κ1) is 25.0. The summed E-state index contributed by atoms with van der Waals surface area (Å²) in [5.74, 6) is -0.746. The Hall–Kier alpha value is -3.12. The standard InChI is InChI=1S/C28H30ClNO5/c1-15(2)35-28(32)24-16(3)30-21-13-18(17-9-11-19(29)12-10-17)14-22(31)26(21)25(24)20-7-6-8-23(33-4)27(20)34-5/h6-12,15,18,24-25H,13-14H2,1-5H3/t18-,24?,25-/m0/s1. The summed E-state index contributed by atoms with van der Waals surface area (Å²) >= 11 is 6.07. The topological polar surface area (TPSA) is 74.2 Å². The van der Waals surface area contributed by atoms with Gasteiger partial charge in [0.05, 0.1) is 20.3 Å². The molecule has 2 aromatic rings. The van der Waals surface area contributed by atoms with Crippen LogP contribution < -0.4 is 9.47 Å². The number of allylic oxidation sites excluding steroid dienone is 2. The van der Waals surface area contributed by atoms with Crippen LogP contribution in [0.2, 0.25) is 5.02 Å². The van der Waals surface area contributed by atoms with Crippen molar-refractivity contribution < 1.29 is 23.8 Å². The van der Waals surface area contributed by atoms with Gasteiger partial charge in [-0.2, -0.15) is 0 Å². The van der Waals surface area contributed by atoms with E-state index in [0.29, 0.717) is 51.9 Å². The zero-order chi connectivity index (χ0) is 25.3. The van der Waals surface area contributed by atoms with Gasteiger partial charge in [0.25, 0.3) is 0 Å². The van der Waals surface area contributed by atoms with Crippen LogP contribution in [0.1, 0.15) is 56.6 Å². The molecule has 2 aromatic carbocycles. The van der Waals surface area contributed by atoms with Gasteiger partial charge in [0.15, 0.2) is 17.3 Å². The van der Waals surface area contributed by atoms with Crippen molar-refractivity contribution in [2.75, 3.05) is 14.2 Å². The van der Waals surface area contributed by atoms with Crippen LogP contribution in [0.15, 0.2) is 58.7 Å². The van der Waals surface area contributed by atoms with Crippen molar-refractivity contribution >= 4 is 29.1 Å². The second-order valence-electron chi connectivity index (χ2n) is 9.22. The highest BCUT2D eigenvalue weighted by atomic mass is 35.5. The molecule has 2 aliphatic rings. The quantitative estimate of drug-likeness (QED) is 0.467. The van der Waals surface area contributed by atoms with Gasteiger partial charge in [0, 0.05) is 39.9 Å². The molecule has 0 bridgehead atoms. The van der Waals surface area contributed by atoms with Crippen molar-refractivity contribution in [1.82, 2.24) is 0 Å². The molecule has 0 amide bonds. The number of nitrogens with zero attached hydrogens (tertiary/aromatic N) is 1. The lowest BCUT2D eigenvalue weighted by Crippen LogP contribution is -2.39. The van der Waals surface area contributed by atoms with Crippen molar-refractivity contribution in [1.29, 1.82) is 0 Å². The molecule has 3 atom stereocenters. The van der Waals surface area contributed by atoms with Crippen molar-refractivity contribution in [3.63, 3.8) is 0 Å². The molecule has 0 N–H and O–H groups in total. The molecule has 6 nitrogen and oxygen atoms in total. The molecule has 35 heavy (non-hydrogen) atoms. The number of para-hydroxylation sites is 1. The minimum absolute atomic E-state index is 0.0120. The van der Waals surface area contributed by atoms with Gasteiger partial charge in [-0.3, -0.25) is 14.6 Å². The third-order valence-electron chi connectivity index (χ3n) is 6.60. The van der Waals surface area contributed by atoms with Crippen LogP contribution in [-0.2, 0) is 14.3 Å².